The van der Waals surface area contributed by atoms with Gasteiger partial charge in [0.2, 0.25) is 0 Å². The second-order valence-electron chi connectivity index (χ2n) is 5.38. The van der Waals surface area contributed by atoms with E-state index in [1.807, 2.05) is 6.07 Å². The highest BCUT2D eigenvalue weighted by molar-refractivity contribution is 14.1. The predicted molar refractivity (Wildman–Crippen MR) is 104 cm³/mol. The van der Waals surface area contributed by atoms with Gasteiger partial charge in [-0.1, -0.05) is 42.5 Å². The second-order valence-corrected chi connectivity index (χ2v) is 6.62. The molecule has 23 heavy (non-hydrogen) atoms. The zero-order chi connectivity index (χ0) is 15.6. The van der Waals surface area contributed by atoms with Crippen molar-refractivity contribution >= 4 is 50.1 Å². The van der Waals surface area contributed by atoms with Gasteiger partial charge in [-0.2, -0.15) is 0 Å². The van der Waals surface area contributed by atoms with Gasteiger partial charge in [-0.25, -0.2) is 9.97 Å². The van der Waals surface area contributed by atoms with Gasteiger partial charge in [0, 0.05) is 15.5 Å². The molecule has 3 aromatic carbocycles. The molecule has 0 aliphatic heterocycles. The molecule has 0 radical (unpaired) electrons. The largest absolute Gasteiger partial charge is 0.365 e. The third-order valence-corrected chi connectivity index (χ3v) is 4.59. The van der Waals surface area contributed by atoms with Crippen molar-refractivity contribution in [2.75, 3.05) is 5.32 Å². The standard InChI is InChI=1S/C19H14IN3/c20-15-8-9-18-17(10-15)19(23-12-22-18)21-11-14-6-3-5-13-4-1-2-7-16(13)14/h1-10,12H,11H2,(H,21,22,23). The average Bonchev–Trinajstić information content (AvgIpc) is 2.60. The van der Waals surface area contributed by atoms with E-state index in [-0.39, 0.29) is 0 Å². The molecule has 1 aromatic heterocycles. The monoisotopic (exact) mass is 411 g/mol. The van der Waals surface area contributed by atoms with Crippen LogP contribution in [0.25, 0.3) is 21.7 Å². The number of fused-ring (bicyclic) bond motifs is 2. The Bertz CT molecular complexity index is 993. The van der Waals surface area contributed by atoms with E-state index in [9.17, 15) is 0 Å². The fourth-order valence-corrected chi connectivity index (χ4v) is 3.29. The Morgan fingerprint density at radius 1 is 0.870 bits per heavy atom. The minimum Gasteiger partial charge on any atom is -0.365 e. The molecule has 0 unspecified atom stereocenters. The number of halogens is 1. The van der Waals surface area contributed by atoms with Crippen LogP contribution in [-0.4, -0.2) is 9.97 Å². The lowest BCUT2D eigenvalue weighted by Crippen LogP contribution is -2.03. The Hall–Kier alpha value is -2.21. The summed E-state index contributed by atoms with van der Waals surface area (Å²) in [6, 6.07) is 21.0. The summed E-state index contributed by atoms with van der Waals surface area (Å²) < 4.78 is 1.18. The molecule has 4 rings (SSSR count). The maximum Gasteiger partial charge on any atom is 0.137 e. The smallest absolute Gasteiger partial charge is 0.137 e. The van der Waals surface area contributed by atoms with Crippen molar-refractivity contribution in [3.63, 3.8) is 0 Å². The van der Waals surface area contributed by atoms with E-state index in [1.54, 1.807) is 6.33 Å². The Morgan fingerprint density at radius 2 is 1.74 bits per heavy atom. The molecule has 0 saturated carbocycles. The first-order valence-corrected chi connectivity index (χ1v) is 8.50. The number of nitrogens with one attached hydrogen (secondary N) is 1. The lowest BCUT2D eigenvalue weighted by molar-refractivity contribution is 1.11. The van der Waals surface area contributed by atoms with E-state index in [0.717, 1.165) is 23.3 Å². The molecule has 0 bridgehead atoms. The molecule has 0 amide bonds. The average molecular weight is 411 g/mol. The van der Waals surface area contributed by atoms with Gasteiger partial charge < -0.3 is 5.32 Å². The Balaban J connectivity index is 1.70. The molecular weight excluding hydrogens is 397 g/mol. The van der Waals surface area contributed by atoms with E-state index < -0.39 is 0 Å². The maximum atomic E-state index is 4.42. The van der Waals surface area contributed by atoms with Crippen molar-refractivity contribution in [1.29, 1.82) is 0 Å². The third kappa shape index (κ3) is 2.86. The highest BCUT2D eigenvalue weighted by Crippen LogP contribution is 2.23. The number of hydrogen-bond donors (Lipinski definition) is 1. The summed E-state index contributed by atoms with van der Waals surface area (Å²) >= 11 is 2.31. The first-order chi connectivity index (χ1) is 11.3. The van der Waals surface area contributed by atoms with Crippen molar-refractivity contribution < 1.29 is 0 Å². The van der Waals surface area contributed by atoms with Crippen LogP contribution in [0.1, 0.15) is 5.56 Å². The Morgan fingerprint density at radius 3 is 2.70 bits per heavy atom. The number of rotatable bonds is 3. The van der Waals surface area contributed by atoms with Gasteiger partial charge in [0.25, 0.3) is 0 Å². The van der Waals surface area contributed by atoms with Gasteiger partial charge in [-0.05, 0) is 57.1 Å². The number of aromatic nitrogens is 2. The summed E-state index contributed by atoms with van der Waals surface area (Å²) in [5.41, 5.74) is 2.22. The van der Waals surface area contributed by atoms with E-state index in [2.05, 4.69) is 92.5 Å². The lowest BCUT2D eigenvalue weighted by Gasteiger charge is -2.10. The minimum atomic E-state index is 0.735. The zero-order valence-corrected chi connectivity index (χ0v) is 14.5. The van der Waals surface area contributed by atoms with E-state index in [0.29, 0.717) is 0 Å². The summed E-state index contributed by atoms with van der Waals surface area (Å²) in [6.45, 7) is 0.735. The van der Waals surface area contributed by atoms with Crippen molar-refractivity contribution in [3.05, 3.63) is 76.1 Å². The van der Waals surface area contributed by atoms with Crippen LogP contribution in [0.15, 0.2) is 67.0 Å². The quantitative estimate of drug-likeness (QED) is 0.483. The molecule has 4 heteroatoms. The molecule has 0 atom stereocenters. The molecule has 1 N–H and O–H groups in total. The molecule has 3 nitrogen and oxygen atoms in total. The molecule has 0 aliphatic rings. The van der Waals surface area contributed by atoms with Crippen LogP contribution in [0.4, 0.5) is 5.82 Å². The zero-order valence-electron chi connectivity index (χ0n) is 12.3. The third-order valence-electron chi connectivity index (χ3n) is 3.92. The molecule has 1 heterocycles. The van der Waals surface area contributed by atoms with Crippen molar-refractivity contribution in [2.45, 2.75) is 6.54 Å². The van der Waals surface area contributed by atoms with Gasteiger partial charge in [0.1, 0.15) is 12.1 Å². The van der Waals surface area contributed by atoms with Crippen LogP contribution in [0.2, 0.25) is 0 Å². The SMILES string of the molecule is Ic1ccc2ncnc(NCc3cccc4ccccc34)c2c1. The van der Waals surface area contributed by atoms with Crippen molar-refractivity contribution in [3.8, 4) is 0 Å². The van der Waals surface area contributed by atoms with Gasteiger partial charge >= 0.3 is 0 Å². The maximum absolute atomic E-state index is 4.42. The summed E-state index contributed by atoms with van der Waals surface area (Å²) in [6.07, 6.45) is 1.61. The van der Waals surface area contributed by atoms with Crippen molar-refractivity contribution in [2.24, 2.45) is 0 Å². The molecule has 0 spiro atoms. The number of nitrogens with zero attached hydrogens (tertiary/aromatic N) is 2. The summed E-state index contributed by atoms with van der Waals surface area (Å²) in [4.78, 5) is 8.75. The van der Waals surface area contributed by atoms with Crippen LogP contribution in [0.3, 0.4) is 0 Å². The van der Waals surface area contributed by atoms with Gasteiger partial charge in [0.05, 0.1) is 5.52 Å². The predicted octanol–water partition coefficient (Wildman–Crippen LogP) is 5.00. The van der Waals surface area contributed by atoms with Gasteiger partial charge in [-0.3, -0.25) is 0 Å². The first kappa shape index (κ1) is 14.4. The topological polar surface area (TPSA) is 37.8 Å². The lowest BCUT2D eigenvalue weighted by atomic mass is 10.0. The van der Waals surface area contributed by atoms with Crippen LogP contribution in [-0.2, 0) is 6.54 Å². The normalized spacial score (nSPS) is 11.0. The number of benzene rings is 3. The van der Waals surface area contributed by atoms with Gasteiger partial charge in [0.15, 0.2) is 0 Å². The Kier molecular flexibility index (Phi) is 3.83. The first-order valence-electron chi connectivity index (χ1n) is 7.42. The summed E-state index contributed by atoms with van der Waals surface area (Å²) in [5, 5.41) is 7.06. The molecule has 112 valence electrons. The summed E-state index contributed by atoms with van der Waals surface area (Å²) in [7, 11) is 0. The van der Waals surface area contributed by atoms with Crippen LogP contribution >= 0.6 is 22.6 Å². The fraction of sp³-hybridized carbons (Fsp3) is 0.0526. The van der Waals surface area contributed by atoms with Crippen LogP contribution in [0, 0.1) is 3.57 Å². The minimum absolute atomic E-state index is 0.735. The van der Waals surface area contributed by atoms with E-state index in [1.165, 1.54) is 19.9 Å². The molecule has 0 aliphatic carbocycles. The Labute approximate surface area is 147 Å². The van der Waals surface area contributed by atoms with Gasteiger partial charge in [-0.15, -0.1) is 0 Å². The van der Waals surface area contributed by atoms with Crippen molar-refractivity contribution in [1.82, 2.24) is 9.97 Å². The fourth-order valence-electron chi connectivity index (χ4n) is 2.80. The molecule has 4 aromatic rings. The number of hydrogen-bond acceptors (Lipinski definition) is 3. The number of anilines is 1. The van der Waals surface area contributed by atoms with Crippen LogP contribution in [0.5, 0.6) is 0 Å². The van der Waals surface area contributed by atoms with E-state index in [4.69, 9.17) is 0 Å². The highest BCUT2D eigenvalue weighted by Gasteiger charge is 2.05. The summed E-state index contributed by atoms with van der Waals surface area (Å²) in [5.74, 6) is 0.876. The highest BCUT2D eigenvalue weighted by atomic mass is 127. The van der Waals surface area contributed by atoms with E-state index >= 15 is 0 Å². The second kappa shape index (κ2) is 6.12. The van der Waals surface area contributed by atoms with Crippen LogP contribution < -0.4 is 5.32 Å². The molecule has 0 fully saturated rings. The molecular formula is C19H14IN3. The molecule has 0 saturated heterocycles.